The van der Waals surface area contributed by atoms with Gasteiger partial charge in [0.1, 0.15) is 6.61 Å². The molecule has 0 bridgehead atoms. The molecule has 1 aliphatic carbocycles. The number of fused-ring (bicyclic) bond motifs is 4. The van der Waals surface area contributed by atoms with Crippen molar-refractivity contribution in [2.75, 3.05) is 13.2 Å². The molecule has 2 N–H and O–H groups in total. The first-order valence-corrected chi connectivity index (χ1v) is 10.2. The molecule has 1 heterocycles. The Morgan fingerprint density at radius 1 is 0.875 bits per heavy atom. The van der Waals surface area contributed by atoms with E-state index in [2.05, 4.69) is 46.7 Å². The number of ether oxygens (including phenoxy) is 1. The van der Waals surface area contributed by atoms with Crippen molar-refractivity contribution in [2.24, 2.45) is 0 Å². The Labute approximate surface area is 184 Å². The molecule has 0 aromatic heterocycles. The number of hydrogen-bond acceptors (Lipinski definition) is 4. The Morgan fingerprint density at radius 3 is 2.25 bits per heavy atom. The molecule has 3 aromatic rings. The summed E-state index contributed by atoms with van der Waals surface area (Å²) < 4.78 is 5.47. The van der Waals surface area contributed by atoms with Crippen LogP contribution in [-0.2, 0) is 4.74 Å². The first kappa shape index (κ1) is 19.6. The summed E-state index contributed by atoms with van der Waals surface area (Å²) >= 11 is 0. The van der Waals surface area contributed by atoms with Gasteiger partial charge in [-0.15, -0.1) is 0 Å². The second-order valence-corrected chi connectivity index (χ2v) is 7.52. The molecule has 5 rings (SSSR count). The molecule has 0 spiro atoms. The van der Waals surface area contributed by atoms with Crippen LogP contribution < -0.4 is 10.6 Å². The molecule has 6 heteroatoms. The van der Waals surface area contributed by atoms with E-state index in [1.165, 1.54) is 11.1 Å². The van der Waals surface area contributed by atoms with Gasteiger partial charge >= 0.3 is 6.09 Å². The van der Waals surface area contributed by atoms with Gasteiger partial charge in [-0.05, 0) is 40.5 Å². The minimum absolute atomic E-state index is 0.000458. The number of carbonyl (C=O) groups excluding carboxylic acids is 3. The van der Waals surface area contributed by atoms with E-state index >= 15 is 0 Å². The zero-order valence-electron chi connectivity index (χ0n) is 17.0. The average molecular weight is 422 g/mol. The summed E-state index contributed by atoms with van der Waals surface area (Å²) in [6.45, 7) is 0.333. The number of benzene rings is 3. The van der Waals surface area contributed by atoms with Crippen molar-refractivity contribution >= 4 is 17.9 Å². The molecular formula is C26H18N2O4. The SMILES string of the molecule is O=C(NCC#Cc1ccc2c(c1)C(=O)NC2=O)OCC1c2ccccc2-c2ccccc21. The summed E-state index contributed by atoms with van der Waals surface area (Å²) in [5.41, 5.74) is 5.90. The third-order valence-corrected chi connectivity index (χ3v) is 5.63. The smallest absolute Gasteiger partial charge is 0.407 e. The molecule has 156 valence electrons. The van der Waals surface area contributed by atoms with Crippen molar-refractivity contribution in [1.29, 1.82) is 0 Å². The van der Waals surface area contributed by atoms with Crippen molar-refractivity contribution in [2.45, 2.75) is 5.92 Å². The maximum Gasteiger partial charge on any atom is 0.407 e. The van der Waals surface area contributed by atoms with Gasteiger partial charge in [-0.2, -0.15) is 0 Å². The summed E-state index contributed by atoms with van der Waals surface area (Å²) in [7, 11) is 0. The fourth-order valence-corrected chi connectivity index (χ4v) is 4.16. The van der Waals surface area contributed by atoms with Gasteiger partial charge in [-0.25, -0.2) is 4.79 Å². The van der Waals surface area contributed by atoms with E-state index in [0.717, 1.165) is 11.1 Å². The van der Waals surface area contributed by atoms with Gasteiger partial charge in [0.15, 0.2) is 0 Å². The standard InChI is InChI=1S/C26H18N2O4/c29-24-21-12-11-16(14-22(21)25(30)28-24)6-5-13-27-26(31)32-15-23-19-9-3-1-7-17(19)18-8-2-4-10-20(18)23/h1-4,7-12,14,23H,13,15H2,(H,27,31)(H,28,29,30). The largest absolute Gasteiger partial charge is 0.449 e. The van der Waals surface area contributed by atoms with Crippen LogP contribution in [-0.4, -0.2) is 31.1 Å². The normalized spacial score (nSPS) is 13.4. The molecule has 0 atom stereocenters. The van der Waals surface area contributed by atoms with Crippen molar-refractivity contribution in [3.05, 3.63) is 94.5 Å². The predicted molar refractivity (Wildman–Crippen MR) is 118 cm³/mol. The van der Waals surface area contributed by atoms with Crippen LogP contribution in [0, 0.1) is 11.8 Å². The van der Waals surface area contributed by atoms with Crippen molar-refractivity contribution in [3.8, 4) is 23.0 Å². The van der Waals surface area contributed by atoms with Gasteiger partial charge in [0, 0.05) is 11.5 Å². The highest BCUT2D eigenvalue weighted by Crippen LogP contribution is 2.44. The zero-order chi connectivity index (χ0) is 22.1. The van der Waals surface area contributed by atoms with E-state index < -0.39 is 17.9 Å². The molecule has 0 radical (unpaired) electrons. The maximum absolute atomic E-state index is 12.2. The maximum atomic E-state index is 12.2. The zero-order valence-corrected chi connectivity index (χ0v) is 17.0. The van der Waals surface area contributed by atoms with Crippen LogP contribution in [0.5, 0.6) is 0 Å². The number of imide groups is 1. The minimum Gasteiger partial charge on any atom is -0.449 e. The summed E-state index contributed by atoms with van der Waals surface area (Å²) in [5.74, 6) is 4.88. The van der Waals surface area contributed by atoms with E-state index in [9.17, 15) is 14.4 Å². The molecular weight excluding hydrogens is 404 g/mol. The Morgan fingerprint density at radius 2 is 1.53 bits per heavy atom. The molecule has 0 fully saturated rings. The second kappa shape index (κ2) is 8.05. The topological polar surface area (TPSA) is 84.5 Å². The van der Waals surface area contributed by atoms with Crippen LogP contribution in [0.3, 0.4) is 0 Å². The quantitative estimate of drug-likeness (QED) is 0.500. The second-order valence-electron chi connectivity index (χ2n) is 7.52. The van der Waals surface area contributed by atoms with Gasteiger partial charge < -0.3 is 10.1 Å². The highest BCUT2D eigenvalue weighted by Gasteiger charge is 2.29. The minimum atomic E-state index is -0.542. The molecule has 3 aromatic carbocycles. The molecule has 1 aliphatic heterocycles. The van der Waals surface area contributed by atoms with E-state index in [4.69, 9.17) is 4.74 Å². The lowest BCUT2D eigenvalue weighted by molar-refractivity contribution is 0.0879. The van der Waals surface area contributed by atoms with Crippen molar-refractivity contribution < 1.29 is 19.1 Å². The monoisotopic (exact) mass is 422 g/mol. The Hall–Kier alpha value is -4.37. The number of carbonyl (C=O) groups is 3. The van der Waals surface area contributed by atoms with Crippen LogP contribution in [0.1, 0.15) is 43.3 Å². The average Bonchev–Trinajstić information content (AvgIpc) is 3.29. The van der Waals surface area contributed by atoms with Gasteiger partial charge in [0.2, 0.25) is 0 Å². The predicted octanol–water partition coefficient (Wildman–Crippen LogP) is 3.46. The highest BCUT2D eigenvalue weighted by atomic mass is 16.5. The van der Waals surface area contributed by atoms with E-state index in [-0.39, 0.29) is 19.1 Å². The molecule has 0 saturated carbocycles. The summed E-state index contributed by atoms with van der Waals surface area (Å²) in [6, 6.07) is 21.1. The molecule has 2 aliphatic rings. The third-order valence-electron chi connectivity index (χ3n) is 5.63. The van der Waals surface area contributed by atoms with Gasteiger partial charge in [0.05, 0.1) is 17.7 Å². The number of hydrogen-bond donors (Lipinski definition) is 2. The van der Waals surface area contributed by atoms with Crippen LogP contribution in [0.4, 0.5) is 4.79 Å². The first-order valence-electron chi connectivity index (χ1n) is 10.2. The van der Waals surface area contributed by atoms with Gasteiger partial charge in [0.25, 0.3) is 11.8 Å². The summed E-state index contributed by atoms with van der Waals surface area (Å²) in [6.07, 6.45) is -0.542. The first-order chi connectivity index (χ1) is 15.6. The Kier molecular flexibility index (Phi) is 4.92. The lowest BCUT2D eigenvalue weighted by Gasteiger charge is -2.14. The number of nitrogens with one attached hydrogen (secondary N) is 2. The molecule has 0 saturated heterocycles. The fraction of sp³-hybridized carbons (Fsp3) is 0.115. The lowest BCUT2D eigenvalue weighted by atomic mass is 9.98. The van der Waals surface area contributed by atoms with Crippen molar-refractivity contribution in [3.63, 3.8) is 0 Å². The van der Waals surface area contributed by atoms with E-state index in [1.807, 2.05) is 24.3 Å². The van der Waals surface area contributed by atoms with Gasteiger partial charge in [-0.3, -0.25) is 14.9 Å². The molecule has 0 unspecified atom stereocenters. The van der Waals surface area contributed by atoms with Gasteiger partial charge in [-0.1, -0.05) is 60.4 Å². The fourth-order valence-electron chi connectivity index (χ4n) is 4.16. The van der Waals surface area contributed by atoms with Crippen LogP contribution >= 0.6 is 0 Å². The number of rotatable bonds is 3. The Bertz CT molecular complexity index is 1290. The van der Waals surface area contributed by atoms with E-state index in [1.54, 1.807) is 18.2 Å². The molecule has 3 amide bonds. The van der Waals surface area contributed by atoms with Crippen LogP contribution in [0.2, 0.25) is 0 Å². The molecule has 6 nitrogen and oxygen atoms in total. The molecule has 32 heavy (non-hydrogen) atoms. The Balaban J connectivity index is 1.19. The number of amides is 3. The highest BCUT2D eigenvalue weighted by molar-refractivity contribution is 6.21. The van der Waals surface area contributed by atoms with E-state index in [0.29, 0.717) is 16.7 Å². The van der Waals surface area contributed by atoms with Crippen LogP contribution in [0.15, 0.2) is 66.7 Å². The third kappa shape index (κ3) is 3.50. The summed E-state index contributed by atoms with van der Waals surface area (Å²) in [4.78, 5) is 35.5. The van der Waals surface area contributed by atoms with Crippen LogP contribution in [0.25, 0.3) is 11.1 Å². The number of alkyl carbamates (subject to hydrolysis) is 1. The van der Waals surface area contributed by atoms with Crippen molar-refractivity contribution in [1.82, 2.24) is 10.6 Å². The summed E-state index contributed by atoms with van der Waals surface area (Å²) in [5, 5.41) is 4.87. The lowest BCUT2D eigenvalue weighted by Crippen LogP contribution is -2.26.